The molecule has 1 atom stereocenters. The summed E-state index contributed by atoms with van der Waals surface area (Å²) in [5, 5.41) is 0. The molecule has 0 amide bonds. The minimum Gasteiger partial charge on any atom is -0.126 e. The molecule has 12 heavy (non-hydrogen) atoms. The number of hydrogen-bond acceptors (Lipinski definition) is 0. The number of rotatable bonds is 1. The van der Waals surface area contributed by atoms with Crippen LogP contribution in [0.4, 0.5) is 0 Å². The fourth-order valence-electron chi connectivity index (χ4n) is 2.78. The van der Waals surface area contributed by atoms with Crippen molar-refractivity contribution in [2.45, 2.75) is 37.6 Å². The van der Waals surface area contributed by atoms with Crippen molar-refractivity contribution >= 4 is 39.2 Å². The minimum atomic E-state index is -2.39. The lowest BCUT2D eigenvalue weighted by atomic mass is 9.70. The minimum absolute atomic E-state index is 0.468. The van der Waals surface area contributed by atoms with Gasteiger partial charge in [0.1, 0.15) is 0 Å². The van der Waals surface area contributed by atoms with Gasteiger partial charge >= 0.3 is 6.00 Å². The Morgan fingerprint density at radius 1 is 0.917 bits per heavy atom. The normalized spacial score (nSPS) is 41.8. The van der Waals surface area contributed by atoms with Crippen molar-refractivity contribution in [3.05, 3.63) is 0 Å². The summed E-state index contributed by atoms with van der Waals surface area (Å²) in [5.41, 5.74) is 0.468. The number of fused-ring (bicyclic) bond motifs is 3. The van der Waals surface area contributed by atoms with Crippen LogP contribution in [0.15, 0.2) is 0 Å². The van der Waals surface area contributed by atoms with E-state index in [0.717, 1.165) is 11.8 Å². The molecular formula is C8H13Cl3Si. The van der Waals surface area contributed by atoms with Crippen LogP contribution in [-0.2, 0) is 0 Å². The average Bonchev–Trinajstić information content (AvgIpc) is 2.05. The maximum absolute atomic E-state index is 6.08. The highest BCUT2D eigenvalue weighted by molar-refractivity contribution is 7.65. The molecule has 3 saturated carbocycles. The van der Waals surface area contributed by atoms with Gasteiger partial charge in [-0.25, -0.2) is 0 Å². The van der Waals surface area contributed by atoms with Crippen molar-refractivity contribution < 1.29 is 0 Å². The van der Waals surface area contributed by atoms with Gasteiger partial charge in [-0.2, -0.15) is 0 Å². The van der Waals surface area contributed by atoms with E-state index in [4.69, 9.17) is 33.2 Å². The molecule has 70 valence electrons. The zero-order chi connectivity index (χ0) is 8.77. The third-order valence-corrected chi connectivity index (χ3v) is 7.54. The summed E-state index contributed by atoms with van der Waals surface area (Å²) in [6.45, 7) is 0. The zero-order valence-corrected chi connectivity index (χ0v) is 10.2. The highest BCUT2D eigenvalue weighted by atomic mass is 35.8. The van der Waals surface area contributed by atoms with Gasteiger partial charge in [0, 0.05) is 0 Å². The van der Waals surface area contributed by atoms with E-state index in [-0.39, 0.29) is 0 Å². The standard InChI is InChI=1S/C8H13Cl3Si/c9-12(10,11)8-5-6-1-3-7(8)4-2-6/h6-8H,1-5H2. The topological polar surface area (TPSA) is 0 Å². The van der Waals surface area contributed by atoms with Crippen LogP contribution in [0.25, 0.3) is 0 Å². The van der Waals surface area contributed by atoms with Crippen LogP contribution >= 0.6 is 33.2 Å². The second-order valence-corrected chi connectivity index (χ2v) is 13.1. The molecule has 3 aliphatic rings. The monoisotopic (exact) mass is 242 g/mol. The van der Waals surface area contributed by atoms with E-state index in [1.807, 2.05) is 0 Å². The highest BCUT2D eigenvalue weighted by Crippen LogP contribution is 2.55. The van der Waals surface area contributed by atoms with Crippen LogP contribution in [0.2, 0.25) is 5.54 Å². The van der Waals surface area contributed by atoms with E-state index in [0.29, 0.717) is 5.54 Å². The Balaban J connectivity index is 2.09. The zero-order valence-electron chi connectivity index (χ0n) is 6.90. The molecule has 0 nitrogen and oxygen atoms in total. The lowest BCUT2D eigenvalue weighted by Gasteiger charge is -2.44. The predicted molar refractivity (Wildman–Crippen MR) is 57.1 cm³/mol. The van der Waals surface area contributed by atoms with Gasteiger partial charge in [-0.3, -0.25) is 0 Å². The molecule has 3 rings (SSSR count). The second-order valence-electron chi connectivity index (χ2n) is 4.16. The van der Waals surface area contributed by atoms with Gasteiger partial charge in [-0.15, -0.1) is 33.2 Å². The number of halogens is 3. The number of hydrogen-bond donors (Lipinski definition) is 0. The van der Waals surface area contributed by atoms with Gasteiger partial charge in [-0.1, -0.05) is 25.7 Å². The molecule has 3 aliphatic carbocycles. The van der Waals surface area contributed by atoms with Gasteiger partial charge in [0.15, 0.2) is 0 Å². The van der Waals surface area contributed by atoms with E-state index in [9.17, 15) is 0 Å². The van der Waals surface area contributed by atoms with Crippen LogP contribution in [0.3, 0.4) is 0 Å². The van der Waals surface area contributed by atoms with Crippen molar-refractivity contribution in [3.8, 4) is 0 Å². The molecule has 1 unspecified atom stereocenters. The quantitative estimate of drug-likeness (QED) is 0.478. The maximum atomic E-state index is 6.08. The van der Waals surface area contributed by atoms with Crippen LogP contribution < -0.4 is 0 Å². The maximum Gasteiger partial charge on any atom is 0.344 e. The van der Waals surface area contributed by atoms with Crippen molar-refractivity contribution in [1.29, 1.82) is 0 Å². The van der Waals surface area contributed by atoms with E-state index in [1.165, 1.54) is 32.1 Å². The molecule has 0 aromatic carbocycles. The average molecular weight is 244 g/mol. The largest absolute Gasteiger partial charge is 0.344 e. The smallest absolute Gasteiger partial charge is 0.126 e. The van der Waals surface area contributed by atoms with E-state index in [1.54, 1.807) is 0 Å². The summed E-state index contributed by atoms with van der Waals surface area (Å²) >= 11 is 18.2. The van der Waals surface area contributed by atoms with Crippen molar-refractivity contribution in [2.75, 3.05) is 0 Å². The molecule has 0 N–H and O–H groups in total. The first kappa shape index (κ1) is 9.63. The molecular weight excluding hydrogens is 231 g/mol. The summed E-state index contributed by atoms with van der Waals surface area (Å²) in [7, 11) is 0. The van der Waals surface area contributed by atoms with Crippen LogP contribution in [0.5, 0.6) is 0 Å². The van der Waals surface area contributed by atoms with Crippen molar-refractivity contribution in [3.63, 3.8) is 0 Å². The summed E-state index contributed by atoms with van der Waals surface area (Å²) in [5.74, 6) is 1.62. The first-order valence-corrected chi connectivity index (χ1v) is 9.75. The molecule has 0 spiro atoms. The second kappa shape index (κ2) is 3.34. The van der Waals surface area contributed by atoms with E-state index >= 15 is 0 Å². The van der Waals surface area contributed by atoms with E-state index < -0.39 is 6.00 Å². The Labute approximate surface area is 88.7 Å². The third-order valence-electron chi connectivity index (χ3n) is 3.47. The Hall–Kier alpha value is 1.09. The lowest BCUT2D eigenvalue weighted by molar-refractivity contribution is 0.175. The molecule has 0 radical (unpaired) electrons. The molecule has 0 saturated heterocycles. The molecule has 0 aromatic rings. The fraction of sp³-hybridized carbons (Fsp3) is 1.00. The molecule has 0 aliphatic heterocycles. The van der Waals surface area contributed by atoms with E-state index in [2.05, 4.69) is 0 Å². The first-order valence-electron chi connectivity index (χ1n) is 4.64. The summed E-state index contributed by atoms with van der Waals surface area (Å²) < 4.78 is 0. The predicted octanol–water partition coefficient (Wildman–Crippen LogP) is 4.22. The third kappa shape index (κ3) is 1.79. The van der Waals surface area contributed by atoms with Crippen LogP contribution in [0.1, 0.15) is 32.1 Å². The molecule has 2 bridgehead atoms. The van der Waals surface area contributed by atoms with Gasteiger partial charge in [-0.05, 0) is 23.8 Å². The Kier molecular flexibility index (Phi) is 2.68. The van der Waals surface area contributed by atoms with Gasteiger partial charge in [0.25, 0.3) is 0 Å². The molecule has 0 heterocycles. The first-order chi connectivity index (χ1) is 5.57. The molecule has 0 aromatic heterocycles. The summed E-state index contributed by atoms with van der Waals surface area (Å²) in [6, 6.07) is -2.39. The molecule has 4 heteroatoms. The lowest BCUT2D eigenvalue weighted by Crippen LogP contribution is -2.36. The van der Waals surface area contributed by atoms with Gasteiger partial charge in [0.2, 0.25) is 0 Å². The van der Waals surface area contributed by atoms with Gasteiger partial charge < -0.3 is 0 Å². The Morgan fingerprint density at radius 3 is 1.75 bits per heavy atom. The molecule has 3 fully saturated rings. The Morgan fingerprint density at radius 2 is 1.50 bits per heavy atom. The van der Waals surface area contributed by atoms with Crippen LogP contribution in [-0.4, -0.2) is 6.00 Å². The van der Waals surface area contributed by atoms with Crippen LogP contribution in [0, 0.1) is 11.8 Å². The summed E-state index contributed by atoms with van der Waals surface area (Å²) in [4.78, 5) is 0. The Bertz CT molecular complexity index is 170. The highest BCUT2D eigenvalue weighted by Gasteiger charge is 2.47. The SMILES string of the molecule is Cl[Si](Cl)(Cl)C1CC2CCC1CC2. The van der Waals surface area contributed by atoms with Crippen molar-refractivity contribution in [2.24, 2.45) is 11.8 Å². The van der Waals surface area contributed by atoms with Gasteiger partial charge in [0.05, 0.1) is 0 Å². The fourth-order valence-corrected chi connectivity index (χ4v) is 6.65. The van der Waals surface area contributed by atoms with Crippen molar-refractivity contribution in [1.82, 2.24) is 0 Å². The summed E-state index contributed by atoms with van der Waals surface area (Å²) in [6.07, 6.45) is 6.60.